The second-order valence-corrected chi connectivity index (χ2v) is 3.23. The largest absolute Gasteiger partial charge is 0.352 e. The lowest BCUT2D eigenvalue weighted by Gasteiger charge is -2.02. The topological polar surface area (TPSA) is 29.1 Å². The van der Waals surface area contributed by atoms with E-state index in [9.17, 15) is 4.79 Å². The third-order valence-electron chi connectivity index (χ3n) is 1.73. The van der Waals surface area contributed by atoms with E-state index < -0.39 is 0 Å². The van der Waals surface area contributed by atoms with Gasteiger partial charge >= 0.3 is 0 Å². The Balaban J connectivity index is 2.44. The summed E-state index contributed by atoms with van der Waals surface area (Å²) in [7, 11) is 0. The maximum Gasteiger partial charge on any atom is 0.224 e. The fourth-order valence-electron chi connectivity index (χ4n) is 1.11. The van der Waals surface area contributed by atoms with Crippen LogP contribution in [0.2, 0.25) is 0 Å². The van der Waals surface area contributed by atoms with Gasteiger partial charge in [0.05, 0.1) is 0 Å². The zero-order valence-electron chi connectivity index (χ0n) is 5.58. The quantitative estimate of drug-likeness (QED) is 0.522. The Hall–Kier alpha value is 0.170. The van der Waals surface area contributed by atoms with Crippen LogP contribution in [-0.2, 0) is 4.79 Å². The monoisotopic (exact) mass is 177 g/mol. The third kappa shape index (κ3) is 1.61. The van der Waals surface area contributed by atoms with E-state index in [4.69, 9.17) is 0 Å². The number of carbonyl (C=O) groups is 1. The molecule has 1 aliphatic heterocycles. The average Bonchev–Trinajstić information content (AvgIpc) is 2.30. The minimum atomic E-state index is 0.112. The van der Waals surface area contributed by atoms with Gasteiger partial charge in [0, 0.05) is 23.5 Å². The lowest BCUT2D eigenvalue weighted by atomic mass is 10.1. The van der Waals surface area contributed by atoms with Crippen molar-refractivity contribution in [2.75, 3.05) is 11.5 Å². The molecule has 0 unspecified atom stereocenters. The zero-order valence-corrected chi connectivity index (χ0v) is 7.37. The molecule has 10 heavy (non-hydrogen) atoms. The molecule has 1 saturated heterocycles. The molecule has 0 aromatic rings. The molecular formula is C6H11NOS2. The highest BCUT2D eigenvalue weighted by Gasteiger charge is 2.29. The van der Waals surface area contributed by atoms with Gasteiger partial charge in [0.2, 0.25) is 5.91 Å². The van der Waals surface area contributed by atoms with E-state index in [1.165, 1.54) is 0 Å². The second-order valence-electron chi connectivity index (χ2n) is 2.50. The summed E-state index contributed by atoms with van der Waals surface area (Å²) in [5.74, 6) is 1.63. The van der Waals surface area contributed by atoms with Crippen LogP contribution in [0, 0.1) is 5.92 Å². The van der Waals surface area contributed by atoms with Gasteiger partial charge in [-0.2, -0.15) is 25.3 Å². The first-order valence-corrected chi connectivity index (χ1v) is 4.56. The molecule has 1 aliphatic rings. The van der Waals surface area contributed by atoms with Crippen LogP contribution in [0.4, 0.5) is 0 Å². The Labute approximate surface area is 71.6 Å². The maximum absolute atomic E-state index is 11.0. The molecule has 0 bridgehead atoms. The van der Waals surface area contributed by atoms with Gasteiger partial charge in [0.1, 0.15) is 0 Å². The fourth-order valence-corrected chi connectivity index (χ4v) is 1.66. The van der Waals surface area contributed by atoms with Gasteiger partial charge < -0.3 is 5.32 Å². The highest BCUT2D eigenvalue weighted by atomic mass is 32.1. The molecule has 0 spiro atoms. The summed E-state index contributed by atoms with van der Waals surface area (Å²) in [6.07, 6.45) is 0.895. The molecule has 0 saturated carbocycles. The summed E-state index contributed by atoms with van der Waals surface area (Å²) in [5.41, 5.74) is 0. The molecule has 1 rings (SSSR count). The Bertz CT molecular complexity index is 140. The second kappa shape index (κ2) is 3.53. The highest BCUT2D eigenvalue weighted by molar-refractivity contribution is 7.80. The molecule has 0 aliphatic carbocycles. The van der Waals surface area contributed by atoms with Crippen LogP contribution >= 0.6 is 25.3 Å². The van der Waals surface area contributed by atoms with Crippen molar-refractivity contribution >= 4 is 31.2 Å². The Morgan fingerprint density at radius 1 is 1.50 bits per heavy atom. The fraction of sp³-hybridized carbons (Fsp3) is 0.833. The van der Waals surface area contributed by atoms with Crippen molar-refractivity contribution in [3.05, 3.63) is 0 Å². The van der Waals surface area contributed by atoms with E-state index in [0.29, 0.717) is 5.75 Å². The molecular weight excluding hydrogens is 166 g/mol. The summed E-state index contributed by atoms with van der Waals surface area (Å²) in [6, 6.07) is 0.271. The number of carbonyl (C=O) groups excluding carboxylic acids is 1. The zero-order chi connectivity index (χ0) is 7.56. The summed E-state index contributed by atoms with van der Waals surface area (Å²) < 4.78 is 0. The van der Waals surface area contributed by atoms with E-state index in [0.717, 1.165) is 12.2 Å². The van der Waals surface area contributed by atoms with Crippen LogP contribution in [0.25, 0.3) is 0 Å². The van der Waals surface area contributed by atoms with Crippen LogP contribution in [-0.4, -0.2) is 23.5 Å². The van der Waals surface area contributed by atoms with Gasteiger partial charge in [-0.25, -0.2) is 0 Å². The summed E-state index contributed by atoms with van der Waals surface area (Å²) in [4.78, 5) is 11.0. The Morgan fingerprint density at radius 2 is 2.20 bits per heavy atom. The molecule has 2 atom stereocenters. The molecule has 0 aromatic carbocycles. The molecule has 1 N–H and O–H groups in total. The summed E-state index contributed by atoms with van der Waals surface area (Å²) in [6.45, 7) is 0. The normalized spacial score (nSPS) is 32.4. The lowest BCUT2D eigenvalue weighted by molar-refractivity contribution is -0.121. The van der Waals surface area contributed by atoms with Crippen molar-refractivity contribution in [1.29, 1.82) is 0 Å². The van der Waals surface area contributed by atoms with Crippen LogP contribution in [0.3, 0.4) is 0 Å². The molecule has 4 heteroatoms. The molecule has 1 heterocycles. The SMILES string of the molecule is O=C1N[C@@H](CS)C[C@H]1CS. The average molecular weight is 177 g/mol. The predicted molar refractivity (Wildman–Crippen MR) is 47.7 cm³/mol. The number of nitrogens with one attached hydrogen (secondary N) is 1. The minimum absolute atomic E-state index is 0.112. The van der Waals surface area contributed by atoms with Crippen molar-refractivity contribution in [1.82, 2.24) is 5.32 Å². The standard InChI is InChI=1S/C6H11NOS2/c8-6-4(2-9)1-5(3-10)7-6/h4-5,9-10H,1-3H2,(H,7,8)/t4-,5+/m0/s1. The van der Waals surface area contributed by atoms with E-state index in [2.05, 4.69) is 30.6 Å². The van der Waals surface area contributed by atoms with Gasteiger partial charge in [-0.05, 0) is 6.42 Å². The van der Waals surface area contributed by atoms with Crippen molar-refractivity contribution in [3.8, 4) is 0 Å². The first-order chi connectivity index (χ1) is 4.77. The summed E-state index contributed by atoms with van der Waals surface area (Å²) >= 11 is 8.16. The number of thiol groups is 2. The van der Waals surface area contributed by atoms with Gasteiger partial charge in [0.25, 0.3) is 0 Å². The van der Waals surface area contributed by atoms with Crippen molar-refractivity contribution in [2.45, 2.75) is 12.5 Å². The first-order valence-electron chi connectivity index (χ1n) is 3.30. The smallest absolute Gasteiger partial charge is 0.224 e. The Morgan fingerprint density at radius 3 is 2.50 bits per heavy atom. The van der Waals surface area contributed by atoms with Gasteiger partial charge in [-0.3, -0.25) is 4.79 Å². The van der Waals surface area contributed by atoms with Crippen LogP contribution in [0.15, 0.2) is 0 Å². The van der Waals surface area contributed by atoms with E-state index in [1.54, 1.807) is 0 Å². The molecule has 1 fully saturated rings. The molecule has 0 aromatic heterocycles. The van der Waals surface area contributed by atoms with Crippen LogP contribution < -0.4 is 5.32 Å². The van der Waals surface area contributed by atoms with Gasteiger partial charge in [-0.1, -0.05) is 0 Å². The summed E-state index contributed by atoms with van der Waals surface area (Å²) in [5, 5.41) is 2.84. The predicted octanol–water partition coefficient (Wildman–Crippen LogP) is 0.351. The van der Waals surface area contributed by atoms with E-state index >= 15 is 0 Å². The molecule has 58 valence electrons. The lowest BCUT2D eigenvalue weighted by Crippen LogP contribution is -2.27. The molecule has 2 nitrogen and oxygen atoms in total. The number of amides is 1. The minimum Gasteiger partial charge on any atom is -0.352 e. The highest BCUT2D eigenvalue weighted by Crippen LogP contribution is 2.16. The van der Waals surface area contributed by atoms with Crippen molar-refractivity contribution < 1.29 is 4.79 Å². The van der Waals surface area contributed by atoms with Gasteiger partial charge in [0.15, 0.2) is 0 Å². The van der Waals surface area contributed by atoms with Crippen LogP contribution in [0.1, 0.15) is 6.42 Å². The number of hydrogen-bond acceptors (Lipinski definition) is 3. The number of hydrogen-bond donors (Lipinski definition) is 3. The van der Waals surface area contributed by atoms with Crippen molar-refractivity contribution in [3.63, 3.8) is 0 Å². The third-order valence-corrected chi connectivity index (χ3v) is 2.61. The van der Waals surface area contributed by atoms with Crippen molar-refractivity contribution in [2.24, 2.45) is 5.92 Å². The first kappa shape index (κ1) is 8.27. The molecule has 1 amide bonds. The van der Waals surface area contributed by atoms with Crippen LogP contribution in [0.5, 0.6) is 0 Å². The Kier molecular flexibility index (Phi) is 2.92. The number of rotatable bonds is 2. The maximum atomic E-state index is 11.0. The van der Waals surface area contributed by atoms with E-state index in [1.807, 2.05) is 0 Å². The van der Waals surface area contributed by atoms with Gasteiger partial charge in [-0.15, -0.1) is 0 Å². The van der Waals surface area contributed by atoms with E-state index in [-0.39, 0.29) is 17.9 Å². The molecule has 0 radical (unpaired) electrons.